The molecule has 3 unspecified atom stereocenters. The summed E-state index contributed by atoms with van der Waals surface area (Å²) in [5, 5.41) is 22.2. The molecule has 0 aromatic carbocycles. The lowest BCUT2D eigenvalue weighted by atomic mass is 10.1. The molecule has 6 N–H and O–H groups in total. The molecule has 23 nitrogen and oxygen atoms in total. The number of nitrogen functional groups attached to an aromatic ring is 1. The van der Waals surface area contributed by atoms with Crippen LogP contribution in [-0.2, 0) is 77.1 Å². The third kappa shape index (κ3) is 14.6. The first-order chi connectivity index (χ1) is 28.1. The van der Waals surface area contributed by atoms with Gasteiger partial charge in [-0.3, -0.25) is 19.1 Å². The highest BCUT2D eigenvalue weighted by Crippen LogP contribution is 2.60. The zero-order valence-corrected chi connectivity index (χ0v) is 34.0. The minimum absolute atomic E-state index is 0. The van der Waals surface area contributed by atoms with Crippen molar-refractivity contribution in [1.29, 1.82) is 0 Å². The van der Waals surface area contributed by atoms with Crippen molar-refractivity contribution < 1.29 is 63.2 Å². The number of nitrogens with one attached hydrogen (secondary N) is 2. The van der Waals surface area contributed by atoms with Crippen LogP contribution in [0.3, 0.4) is 0 Å². The molecule has 0 aliphatic carbocycles. The van der Waals surface area contributed by atoms with E-state index in [1.54, 1.807) is 6.20 Å². The first kappa shape index (κ1) is 46.0. The second-order valence-corrected chi connectivity index (χ2v) is 16.1. The summed E-state index contributed by atoms with van der Waals surface area (Å²) in [6, 6.07) is 0. The lowest BCUT2D eigenvalue weighted by Gasteiger charge is -2.32. The molecule has 0 bridgehead atoms. The summed E-state index contributed by atoms with van der Waals surface area (Å²) in [7, 11) is -3.55. The highest BCUT2D eigenvalue weighted by Gasteiger charge is 2.55. The number of carbonyl (C=O) groups excluding carboxylic acids is 1. The van der Waals surface area contributed by atoms with E-state index in [1.165, 1.54) is 21.0 Å². The van der Waals surface area contributed by atoms with Gasteiger partial charge in [0.05, 0.1) is 92.1 Å². The SMILES string of the molecule is C#CCOCCOCCOCCOCCOCCOCCOCc1cn(CC(=O)NCCSc2nc3c(=O)[nH]c(N)nc3n2[C@@H]2OC3CO[P+](O)([S-])O[C@H]3C2O)nn1.[H+]. The van der Waals surface area contributed by atoms with Gasteiger partial charge in [-0.1, -0.05) is 22.9 Å². The van der Waals surface area contributed by atoms with Crippen LogP contribution in [0, 0.1) is 12.3 Å². The first-order valence-electron chi connectivity index (χ1n) is 18.2. The lowest BCUT2D eigenvalue weighted by Crippen LogP contribution is -2.40. The molecule has 5 rings (SSSR count). The molecular weight excluding hydrogens is 830 g/mol. The van der Waals surface area contributed by atoms with E-state index in [0.717, 1.165) is 0 Å². The number of aromatic amines is 1. The van der Waals surface area contributed by atoms with Crippen LogP contribution in [0.25, 0.3) is 11.2 Å². The molecule has 1 amide bonds. The number of fused-ring (bicyclic) bond motifs is 2. The zero-order chi connectivity index (χ0) is 41.2. The van der Waals surface area contributed by atoms with Gasteiger partial charge >= 0.3 is 1.43 Å². The number of terminal acetylenes is 1. The summed E-state index contributed by atoms with van der Waals surface area (Å²) in [5.74, 6) is 2.22. The Hall–Kier alpha value is -3.03. The summed E-state index contributed by atoms with van der Waals surface area (Å²) in [6.45, 7) is 5.73. The van der Waals surface area contributed by atoms with Crippen molar-refractivity contribution >= 4 is 54.2 Å². The van der Waals surface area contributed by atoms with Crippen LogP contribution in [-0.4, -0.2) is 174 Å². The highest BCUT2D eigenvalue weighted by atomic mass is 32.7. The minimum Gasteiger partial charge on any atom is -0.459 e. The van der Waals surface area contributed by atoms with Gasteiger partial charge in [-0.2, -0.15) is 14.0 Å². The molecule has 3 aromatic heterocycles. The molecule has 2 saturated heterocycles. The number of nitrogens with zero attached hydrogens (tertiary/aromatic N) is 6. The number of aliphatic hydroxyl groups excluding tert-OH is 1. The Morgan fingerprint density at radius 2 is 1.67 bits per heavy atom. The third-order valence-corrected chi connectivity index (χ3v) is 10.5. The molecule has 58 heavy (non-hydrogen) atoms. The Morgan fingerprint density at radius 1 is 1.05 bits per heavy atom. The number of aliphatic hydroxyl groups is 1. The van der Waals surface area contributed by atoms with Crippen LogP contribution in [0.1, 0.15) is 13.3 Å². The van der Waals surface area contributed by atoms with Crippen molar-refractivity contribution in [3.8, 4) is 12.3 Å². The molecule has 2 fully saturated rings. The summed E-state index contributed by atoms with van der Waals surface area (Å²) >= 11 is 6.12. The average Bonchev–Trinajstić information content (AvgIpc) is 3.88. The van der Waals surface area contributed by atoms with E-state index in [0.29, 0.717) is 90.7 Å². The Labute approximate surface area is 344 Å². The maximum atomic E-state index is 12.7. The van der Waals surface area contributed by atoms with Crippen LogP contribution >= 0.6 is 18.9 Å². The van der Waals surface area contributed by atoms with E-state index in [2.05, 4.69) is 36.5 Å². The van der Waals surface area contributed by atoms with E-state index >= 15 is 0 Å². The number of rotatable bonds is 28. The van der Waals surface area contributed by atoms with Crippen molar-refractivity contribution in [2.75, 3.05) is 111 Å². The number of imidazole rings is 1. The van der Waals surface area contributed by atoms with Crippen molar-refractivity contribution in [2.24, 2.45) is 0 Å². The molecule has 0 saturated carbocycles. The van der Waals surface area contributed by atoms with E-state index in [-0.39, 0.29) is 62.5 Å². The Balaban J connectivity index is 0.00000769. The number of hydrogen-bond acceptors (Lipinski definition) is 21. The molecule has 5 atom stereocenters. The molecule has 0 radical (unpaired) electrons. The maximum Gasteiger partial charge on any atom is 1.00 e. The highest BCUT2D eigenvalue weighted by molar-refractivity contribution is 8.35. The van der Waals surface area contributed by atoms with Gasteiger partial charge in [0.25, 0.3) is 12.7 Å². The number of hydrogen-bond donors (Lipinski definition) is 5. The number of H-pyrrole nitrogens is 1. The van der Waals surface area contributed by atoms with E-state index in [9.17, 15) is 19.6 Å². The average molecular weight is 879 g/mol. The molecule has 322 valence electrons. The number of thioether (sulfide) groups is 1. The van der Waals surface area contributed by atoms with Gasteiger partial charge in [-0.05, 0) is 0 Å². The fraction of sp³-hybridized carbons (Fsp3) is 0.688. The number of nitrogens with two attached hydrogens (primary N) is 1. The van der Waals surface area contributed by atoms with Gasteiger partial charge in [0.15, 0.2) is 28.7 Å². The summed E-state index contributed by atoms with van der Waals surface area (Å²) in [5.41, 5.74) is 5.80. The zero-order valence-electron chi connectivity index (χ0n) is 32.5. The predicted octanol–water partition coefficient (Wildman–Crippen LogP) is -1.55. The maximum absolute atomic E-state index is 12.7. The predicted molar refractivity (Wildman–Crippen MR) is 208 cm³/mol. The number of anilines is 1. The molecule has 3 aromatic rings. The van der Waals surface area contributed by atoms with Gasteiger partial charge in [-0.15, -0.1) is 11.5 Å². The van der Waals surface area contributed by atoms with Crippen LogP contribution in [0.2, 0.25) is 0 Å². The Kier molecular flexibility index (Phi) is 19.3. The molecule has 0 spiro atoms. The molecule has 5 heterocycles. The van der Waals surface area contributed by atoms with Crippen LogP contribution in [0.15, 0.2) is 16.1 Å². The largest absolute Gasteiger partial charge is 1.00 e. The summed E-state index contributed by atoms with van der Waals surface area (Å²) in [4.78, 5) is 46.4. The number of carbonyl (C=O) groups is 1. The van der Waals surface area contributed by atoms with Gasteiger partial charge in [-0.25, -0.2) is 14.6 Å². The summed E-state index contributed by atoms with van der Waals surface area (Å²) < 4.78 is 57.3. The quantitative estimate of drug-likeness (QED) is 0.0182. The standard InChI is InChI=1S/C32H48N9O14PS2/c1-2-4-46-5-6-47-7-8-48-9-10-49-11-12-50-13-14-51-15-16-52-20-22-18-40(39-38-22)19-24(42)34-3-17-58-32-35-25-28(36-31(33)37-29(25)44)41(32)30-26(43)27-23(54-30)21-53-56(45,57)55-27/h1,18,23,26-27,30,43H,3-17,19-21H2,(H,34,42)(H,45,57)(H3,33,36,37,44)/p+1/t23?,26?,27-,30-,56?/m1/s1. The monoisotopic (exact) mass is 878 g/mol. The number of aromatic nitrogens is 7. The summed E-state index contributed by atoms with van der Waals surface area (Å²) in [6.07, 6.45) is 2.52. The van der Waals surface area contributed by atoms with Crippen LogP contribution < -0.4 is 16.6 Å². The van der Waals surface area contributed by atoms with E-state index in [1.807, 2.05) is 0 Å². The van der Waals surface area contributed by atoms with E-state index < -0.39 is 37.2 Å². The van der Waals surface area contributed by atoms with Crippen molar-refractivity contribution in [2.45, 2.75) is 42.8 Å². The van der Waals surface area contributed by atoms with Crippen LogP contribution in [0.5, 0.6) is 0 Å². The van der Waals surface area contributed by atoms with Crippen molar-refractivity contribution in [3.63, 3.8) is 0 Å². The van der Waals surface area contributed by atoms with Crippen molar-refractivity contribution in [1.82, 2.24) is 39.8 Å². The fourth-order valence-electron chi connectivity index (χ4n) is 5.40. The Bertz CT molecular complexity index is 1820. The Morgan fingerprint density at radius 3 is 2.31 bits per heavy atom. The van der Waals surface area contributed by atoms with Gasteiger partial charge in [0.1, 0.15) is 37.7 Å². The van der Waals surface area contributed by atoms with Gasteiger partial charge in [0, 0.05) is 12.3 Å². The molecule has 26 heteroatoms. The second-order valence-electron chi connectivity index (χ2n) is 12.3. The topological polar surface area (TPSA) is 282 Å². The third-order valence-electron chi connectivity index (χ3n) is 7.97. The fourth-order valence-corrected chi connectivity index (χ4v) is 7.72. The number of ether oxygens (including phenoxy) is 8. The van der Waals surface area contributed by atoms with Gasteiger partial charge < -0.3 is 66.3 Å². The van der Waals surface area contributed by atoms with Crippen LogP contribution in [0.4, 0.5) is 5.95 Å². The van der Waals surface area contributed by atoms with E-state index in [4.69, 9.17) is 71.3 Å². The normalized spacial score (nSPS) is 21.7. The smallest absolute Gasteiger partial charge is 0.459 e. The molecule has 2 aliphatic rings. The second kappa shape index (κ2) is 24.3. The number of amides is 1. The van der Waals surface area contributed by atoms with Crippen molar-refractivity contribution in [3.05, 3.63) is 22.2 Å². The molecular formula is C32H49N9O14PS2+. The molecule has 2 aliphatic heterocycles. The lowest BCUT2D eigenvalue weighted by molar-refractivity contribution is -0.121. The minimum atomic E-state index is -3.55. The van der Waals surface area contributed by atoms with Gasteiger partial charge in [0.2, 0.25) is 11.9 Å². The first-order valence-corrected chi connectivity index (χ1v) is 21.8.